The van der Waals surface area contributed by atoms with Crippen molar-refractivity contribution in [2.45, 2.75) is 19.4 Å². The summed E-state index contributed by atoms with van der Waals surface area (Å²) >= 11 is 0. The molecule has 2 aromatic carbocycles. The lowest BCUT2D eigenvalue weighted by molar-refractivity contribution is -0.138. The van der Waals surface area contributed by atoms with Crippen molar-refractivity contribution < 1.29 is 23.8 Å². The van der Waals surface area contributed by atoms with Crippen LogP contribution in [0.5, 0.6) is 5.75 Å². The number of carboxylic acids is 1. The topological polar surface area (TPSA) is 102 Å². The summed E-state index contributed by atoms with van der Waals surface area (Å²) in [6.45, 7) is 0.158. The Morgan fingerprint density at radius 3 is 2.76 bits per heavy atom. The molecule has 0 aliphatic heterocycles. The van der Waals surface area contributed by atoms with Crippen molar-refractivity contribution in [1.82, 2.24) is 4.98 Å². The summed E-state index contributed by atoms with van der Waals surface area (Å²) in [6.07, 6.45) is -0.289. The molecule has 128 valence electrons. The molecular formula is C18H16N2O5. The number of hydrogen-bond donors (Lipinski definition) is 2. The molecule has 7 heteroatoms. The SMILES string of the molecule is O=C(O)CCC(=O)Nc1cccc(OCc2nc3ccccc3o2)c1. The largest absolute Gasteiger partial charge is 0.484 e. The Bertz CT molecular complexity index is 870. The van der Waals surface area contributed by atoms with Gasteiger partial charge in [0.25, 0.3) is 0 Å². The molecule has 3 rings (SSSR count). The van der Waals surface area contributed by atoms with E-state index < -0.39 is 5.97 Å². The fourth-order valence-electron chi connectivity index (χ4n) is 2.23. The third kappa shape index (κ3) is 4.57. The summed E-state index contributed by atoms with van der Waals surface area (Å²) < 4.78 is 11.2. The number of aromatic nitrogens is 1. The van der Waals surface area contributed by atoms with E-state index in [1.54, 1.807) is 24.3 Å². The van der Waals surface area contributed by atoms with Gasteiger partial charge in [0.2, 0.25) is 11.8 Å². The second-order valence-electron chi connectivity index (χ2n) is 5.33. The third-order valence-corrected chi connectivity index (χ3v) is 3.38. The zero-order chi connectivity index (χ0) is 17.6. The number of carbonyl (C=O) groups excluding carboxylic acids is 1. The quantitative estimate of drug-likeness (QED) is 0.685. The molecule has 0 aliphatic carbocycles. The van der Waals surface area contributed by atoms with E-state index in [1.807, 2.05) is 24.3 Å². The Labute approximate surface area is 143 Å². The summed E-state index contributed by atoms with van der Waals surface area (Å²) in [5.41, 5.74) is 1.99. The van der Waals surface area contributed by atoms with Crippen LogP contribution in [-0.4, -0.2) is 22.0 Å². The lowest BCUT2D eigenvalue weighted by Gasteiger charge is -2.07. The maximum Gasteiger partial charge on any atom is 0.303 e. The highest BCUT2D eigenvalue weighted by Gasteiger charge is 2.08. The van der Waals surface area contributed by atoms with Crippen molar-refractivity contribution in [3.63, 3.8) is 0 Å². The fraction of sp³-hybridized carbons (Fsp3) is 0.167. The van der Waals surface area contributed by atoms with Gasteiger partial charge in [-0.05, 0) is 24.3 Å². The average molecular weight is 340 g/mol. The summed E-state index contributed by atoms with van der Waals surface area (Å²) in [5.74, 6) is -0.376. The number of anilines is 1. The number of fused-ring (bicyclic) bond motifs is 1. The Morgan fingerprint density at radius 2 is 1.96 bits per heavy atom. The molecule has 3 aromatic rings. The zero-order valence-corrected chi connectivity index (χ0v) is 13.3. The Morgan fingerprint density at radius 1 is 1.12 bits per heavy atom. The number of rotatable bonds is 7. The molecule has 0 spiro atoms. The number of amides is 1. The number of benzene rings is 2. The van der Waals surface area contributed by atoms with Gasteiger partial charge < -0.3 is 19.6 Å². The molecule has 2 N–H and O–H groups in total. The number of para-hydroxylation sites is 2. The molecule has 1 aromatic heterocycles. The molecule has 0 unspecified atom stereocenters. The first-order valence-corrected chi connectivity index (χ1v) is 7.69. The predicted octanol–water partition coefficient (Wildman–Crippen LogP) is 3.21. The van der Waals surface area contributed by atoms with E-state index in [9.17, 15) is 9.59 Å². The molecular weight excluding hydrogens is 324 g/mol. The molecule has 1 heterocycles. The van der Waals surface area contributed by atoms with Crippen LogP contribution in [0.15, 0.2) is 52.9 Å². The van der Waals surface area contributed by atoms with E-state index in [0.717, 1.165) is 5.52 Å². The first-order chi connectivity index (χ1) is 12.1. The Hall–Kier alpha value is -3.35. The van der Waals surface area contributed by atoms with Crippen LogP contribution >= 0.6 is 0 Å². The van der Waals surface area contributed by atoms with Crippen LogP contribution < -0.4 is 10.1 Å². The highest BCUT2D eigenvalue weighted by Crippen LogP contribution is 2.20. The van der Waals surface area contributed by atoms with Gasteiger partial charge in [-0.2, -0.15) is 0 Å². The van der Waals surface area contributed by atoms with E-state index in [0.29, 0.717) is 22.9 Å². The summed E-state index contributed by atoms with van der Waals surface area (Å²) in [4.78, 5) is 26.5. The minimum Gasteiger partial charge on any atom is -0.484 e. The molecule has 0 bridgehead atoms. The van der Waals surface area contributed by atoms with Crippen LogP contribution in [0.4, 0.5) is 5.69 Å². The lowest BCUT2D eigenvalue weighted by Crippen LogP contribution is -2.13. The van der Waals surface area contributed by atoms with Crippen LogP contribution in [-0.2, 0) is 16.2 Å². The van der Waals surface area contributed by atoms with Crippen molar-refractivity contribution >= 4 is 28.7 Å². The molecule has 25 heavy (non-hydrogen) atoms. The number of nitrogens with one attached hydrogen (secondary N) is 1. The number of ether oxygens (including phenoxy) is 1. The van der Waals surface area contributed by atoms with Gasteiger partial charge in [0.15, 0.2) is 12.2 Å². The second kappa shape index (κ2) is 7.48. The normalized spacial score (nSPS) is 10.6. The van der Waals surface area contributed by atoms with E-state index in [-0.39, 0.29) is 25.4 Å². The number of carboxylic acid groups (broad SMARTS) is 1. The number of aliphatic carboxylic acids is 1. The van der Waals surface area contributed by atoms with Gasteiger partial charge in [0.05, 0.1) is 6.42 Å². The molecule has 0 saturated heterocycles. The Kier molecular flexibility index (Phi) is 4.94. The van der Waals surface area contributed by atoms with Gasteiger partial charge in [0, 0.05) is 18.2 Å². The van der Waals surface area contributed by atoms with Crippen LogP contribution in [0.25, 0.3) is 11.1 Å². The first-order valence-electron chi connectivity index (χ1n) is 7.69. The van der Waals surface area contributed by atoms with E-state index in [2.05, 4.69) is 10.3 Å². The molecule has 1 amide bonds. The van der Waals surface area contributed by atoms with Crippen LogP contribution in [0.1, 0.15) is 18.7 Å². The van der Waals surface area contributed by atoms with Crippen LogP contribution in [0, 0.1) is 0 Å². The molecule has 0 fully saturated rings. The minimum atomic E-state index is -1.01. The number of oxazole rings is 1. The van der Waals surface area contributed by atoms with Gasteiger partial charge >= 0.3 is 5.97 Å². The molecule has 0 atom stereocenters. The average Bonchev–Trinajstić information content (AvgIpc) is 3.01. The van der Waals surface area contributed by atoms with Crippen molar-refractivity contribution in [2.24, 2.45) is 0 Å². The molecule has 0 saturated carbocycles. The standard InChI is InChI=1S/C18H16N2O5/c21-16(8-9-18(22)23)19-12-4-3-5-13(10-12)24-11-17-20-14-6-1-2-7-15(14)25-17/h1-7,10H,8-9,11H2,(H,19,21)(H,22,23). The lowest BCUT2D eigenvalue weighted by atomic mass is 10.2. The number of hydrogen-bond acceptors (Lipinski definition) is 5. The molecule has 7 nitrogen and oxygen atoms in total. The summed E-state index contributed by atoms with van der Waals surface area (Å²) in [7, 11) is 0. The van der Waals surface area contributed by atoms with E-state index in [1.165, 1.54) is 0 Å². The van der Waals surface area contributed by atoms with Crippen LogP contribution in [0.2, 0.25) is 0 Å². The zero-order valence-electron chi connectivity index (χ0n) is 13.3. The highest BCUT2D eigenvalue weighted by molar-refractivity contribution is 5.92. The van der Waals surface area contributed by atoms with Crippen molar-refractivity contribution in [3.8, 4) is 5.75 Å². The third-order valence-electron chi connectivity index (χ3n) is 3.38. The molecule has 0 aliphatic rings. The van der Waals surface area contributed by atoms with Gasteiger partial charge in [-0.15, -0.1) is 0 Å². The summed E-state index contributed by atoms with van der Waals surface area (Å²) in [5, 5.41) is 11.2. The molecule has 0 radical (unpaired) electrons. The Balaban J connectivity index is 1.59. The van der Waals surface area contributed by atoms with Gasteiger partial charge in [-0.1, -0.05) is 18.2 Å². The maximum absolute atomic E-state index is 11.7. The maximum atomic E-state index is 11.7. The van der Waals surface area contributed by atoms with Gasteiger partial charge in [-0.3, -0.25) is 9.59 Å². The van der Waals surface area contributed by atoms with Crippen molar-refractivity contribution in [2.75, 3.05) is 5.32 Å². The minimum absolute atomic E-state index is 0.0800. The first kappa shape index (κ1) is 16.5. The van der Waals surface area contributed by atoms with Crippen molar-refractivity contribution in [3.05, 3.63) is 54.4 Å². The monoisotopic (exact) mass is 340 g/mol. The predicted molar refractivity (Wildman–Crippen MR) is 90.3 cm³/mol. The summed E-state index contributed by atoms with van der Waals surface area (Å²) in [6, 6.07) is 14.3. The van der Waals surface area contributed by atoms with Gasteiger partial charge in [0.1, 0.15) is 11.3 Å². The van der Waals surface area contributed by atoms with Crippen LogP contribution in [0.3, 0.4) is 0 Å². The van der Waals surface area contributed by atoms with Crippen molar-refractivity contribution in [1.29, 1.82) is 0 Å². The smallest absolute Gasteiger partial charge is 0.303 e. The van der Waals surface area contributed by atoms with E-state index >= 15 is 0 Å². The second-order valence-corrected chi connectivity index (χ2v) is 5.33. The van der Waals surface area contributed by atoms with E-state index in [4.69, 9.17) is 14.3 Å². The van der Waals surface area contributed by atoms with Gasteiger partial charge in [-0.25, -0.2) is 4.98 Å². The number of nitrogens with zero attached hydrogens (tertiary/aromatic N) is 1. The number of carbonyl (C=O) groups is 2. The fourth-order valence-corrected chi connectivity index (χ4v) is 2.23. The highest BCUT2D eigenvalue weighted by atomic mass is 16.5.